The van der Waals surface area contributed by atoms with Crippen molar-refractivity contribution in [1.82, 2.24) is 10.6 Å². The highest BCUT2D eigenvalue weighted by molar-refractivity contribution is 5.73. The number of nitrogens with one attached hydrogen (secondary N) is 2. The number of esters is 1. The third-order valence-electron chi connectivity index (χ3n) is 4.25. The van der Waals surface area contributed by atoms with Crippen LogP contribution in [0.3, 0.4) is 0 Å². The first-order valence-corrected chi connectivity index (χ1v) is 9.48. The van der Waals surface area contributed by atoms with Crippen molar-refractivity contribution in [2.24, 2.45) is 0 Å². The number of carbonyl (C=O) groups is 3. The first-order chi connectivity index (χ1) is 13.2. The van der Waals surface area contributed by atoms with Gasteiger partial charge in [-0.3, -0.25) is 9.59 Å². The Morgan fingerprint density at radius 1 is 1.29 bits per heavy atom. The number of aliphatic hydroxyl groups is 2. The Balaban J connectivity index is 2.81. The Bertz CT molecular complexity index is 518. The molecule has 4 N–H and O–H groups in total. The van der Waals surface area contributed by atoms with Gasteiger partial charge >= 0.3 is 5.97 Å². The van der Waals surface area contributed by atoms with Crippen molar-refractivity contribution in [2.45, 2.75) is 83.3 Å². The zero-order valence-electron chi connectivity index (χ0n) is 16.8. The zero-order chi connectivity index (χ0) is 21.3. The molecule has 0 spiro atoms. The van der Waals surface area contributed by atoms with E-state index in [0.717, 1.165) is 6.29 Å². The lowest BCUT2D eigenvalue weighted by Crippen LogP contribution is -2.65. The summed E-state index contributed by atoms with van der Waals surface area (Å²) in [5.41, 5.74) is 0. The molecule has 1 unspecified atom stereocenters. The fourth-order valence-corrected chi connectivity index (χ4v) is 2.79. The van der Waals surface area contributed by atoms with Crippen LogP contribution in [0.15, 0.2) is 0 Å². The Morgan fingerprint density at radius 2 is 1.96 bits per heavy atom. The zero-order valence-corrected chi connectivity index (χ0v) is 16.8. The van der Waals surface area contributed by atoms with E-state index in [1.54, 1.807) is 13.8 Å². The summed E-state index contributed by atoms with van der Waals surface area (Å²) in [7, 11) is 0. The average Bonchev–Trinajstić information content (AvgIpc) is 2.64. The summed E-state index contributed by atoms with van der Waals surface area (Å²) in [6.07, 6.45) is -3.59. The smallest absolute Gasteiger partial charge is 0.305 e. The molecular formula is C18H32N2O8. The molecule has 1 aliphatic heterocycles. The molecule has 10 nitrogen and oxygen atoms in total. The highest BCUT2D eigenvalue weighted by atomic mass is 16.6. The fourth-order valence-electron chi connectivity index (χ4n) is 2.79. The molecule has 0 aromatic rings. The summed E-state index contributed by atoms with van der Waals surface area (Å²) >= 11 is 0. The van der Waals surface area contributed by atoms with Crippen molar-refractivity contribution in [2.75, 3.05) is 13.2 Å². The van der Waals surface area contributed by atoms with Gasteiger partial charge in [-0.05, 0) is 20.3 Å². The highest BCUT2D eigenvalue weighted by Gasteiger charge is 2.47. The second kappa shape index (κ2) is 12.1. The number of rotatable bonds is 11. The van der Waals surface area contributed by atoms with E-state index in [1.165, 1.54) is 6.92 Å². The lowest BCUT2D eigenvalue weighted by Gasteiger charge is -2.43. The predicted octanol–water partition coefficient (Wildman–Crippen LogP) is -1.14. The van der Waals surface area contributed by atoms with Crippen LogP contribution in [0.5, 0.6) is 0 Å². The van der Waals surface area contributed by atoms with E-state index in [9.17, 15) is 24.6 Å². The maximum absolute atomic E-state index is 11.6. The van der Waals surface area contributed by atoms with Crippen LogP contribution in [-0.2, 0) is 28.6 Å². The molecule has 1 saturated heterocycles. The first kappa shape index (κ1) is 24.4. The van der Waals surface area contributed by atoms with Crippen molar-refractivity contribution < 1.29 is 38.8 Å². The number of hydrogen-bond acceptors (Lipinski definition) is 9. The van der Waals surface area contributed by atoms with Crippen LogP contribution in [0.2, 0.25) is 0 Å². The van der Waals surface area contributed by atoms with E-state index in [4.69, 9.17) is 14.2 Å². The summed E-state index contributed by atoms with van der Waals surface area (Å²) in [6.45, 7) is 6.57. The summed E-state index contributed by atoms with van der Waals surface area (Å²) in [5, 5.41) is 26.4. The van der Waals surface area contributed by atoms with E-state index in [2.05, 4.69) is 10.6 Å². The molecule has 1 rings (SSSR count). The van der Waals surface area contributed by atoms with Gasteiger partial charge in [-0.1, -0.05) is 6.92 Å². The molecule has 0 aromatic heterocycles. The average molecular weight is 404 g/mol. The summed E-state index contributed by atoms with van der Waals surface area (Å²) in [6, 6.07) is -1.38. The summed E-state index contributed by atoms with van der Waals surface area (Å²) < 4.78 is 16.3. The van der Waals surface area contributed by atoms with Gasteiger partial charge in [0.1, 0.15) is 37.2 Å². The molecule has 1 heterocycles. The largest absolute Gasteiger partial charge is 0.463 e. The molecule has 0 saturated carbocycles. The minimum absolute atomic E-state index is 0.234. The standard InChI is InChI=1S/C18H32N2O8/c1-5-6-14(23)26-9-13-16(24)17(15(18(25)28-13)20-12(4)22)27-11(3)7-19-10(2)8-21/h8,10-11,13,15-19,24-25H,5-7,9H2,1-4H3,(H,20,22)/t10-,11?,13+,15+,16+,17+,18-/m0/s1. The van der Waals surface area contributed by atoms with Crippen LogP contribution < -0.4 is 10.6 Å². The maximum atomic E-state index is 11.6. The molecular weight excluding hydrogens is 372 g/mol. The minimum atomic E-state index is -1.46. The number of aliphatic hydroxyl groups excluding tert-OH is 2. The van der Waals surface area contributed by atoms with Gasteiger partial charge in [0.2, 0.25) is 5.91 Å². The lowest BCUT2D eigenvalue weighted by molar-refractivity contribution is -0.268. The molecule has 10 heteroatoms. The number of carbonyl (C=O) groups excluding carboxylic acids is 3. The van der Waals surface area contributed by atoms with Crippen molar-refractivity contribution in [3.05, 3.63) is 0 Å². The molecule has 162 valence electrons. The predicted molar refractivity (Wildman–Crippen MR) is 98.2 cm³/mol. The Hall–Kier alpha value is -1.59. The van der Waals surface area contributed by atoms with Crippen LogP contribution in [0.1, 0.15) is 40.5 Å². The van der Waals surface area contributed by atoms with E-state index in [1.807, 2.05) is 6.92 Å². The number of aldehydes is 1. The quantitative estimate of drug-likeness (QED) is 0.248. The summed E-state index contributed by atoms with van der Waals surface area (Å²) in [5.74, 6) is -0.865. The van der Waals surface area contributed by atoms with Gasteiger partial charge in [-0.2, -0.15) is 0 Å². The van der Waals surface area contributed by atoms with Crippen LogP contribution >= 0.6 is 0 Å². The van der Waals surface area contributed by atoms with Gasteiger partial charge in [0, 0.05) is 19.9 Å². The SMILES string of the molecule is CCCC(=O)OC[C@H]1O[C@H](O)[C@H](NC(C)=O)[C@@H](OC(C)CN[C@@H](C)C=O)[C@@H]1O. The third kappa shape index (κ3) is 7.80. The van der Waals surface area contributed by atoms with Crippen molar-refractivity contribution in [3.8, 4) is 0 Å². The van der Waals surface area contributed by atoms with Gasteiger partial charge < -0.3 is 39.9 Å². The van der Waals surface area contributed by atoms with Crippen molar-refractivity contribution in [1.29, 1.82) is 0 Å². The normalized spacial score (nSPS) is 29.6. The molecule has 0 radical (unpaired) electrons. The van der Waals surface area contributed by atoms with Gasteiger partial charge in [-0.25, -0.2) is 0 Å². The summed E-state index contributed by atoms with van der Waals surface area (Å²) in [4.78, 5) is 33.8. The second-order valence-corrected chi connectivity index (χ2v) is 6.96. The van der Waals surface area contributed by atoms with Gasteiger partial charge in [-0.15, -0.1) is 0 Å². The highest BCUT2D eigenvalue weighted by Crippen LogP contribution is 2.24. The van der Waals surface area contributed by atoms with Gasteiger partial charge in [0.15, 0.2) is 6.29 Å². The molecule has 28 heavy (non-hydrogen) atoms. The van der Waals surface area contributed by atoms with E-state index < -0.39 is 48.6 Å². The van der Waals surface area contributed by atoms with Crippen molar-refractivity contribution >= 4 is 18.2 Å². The fraction of sp³-hybridized carbons (Fsp3) is 0.833. The number of ether oxygens (including phenoxy) is 3. The van der Waals surface area contributed by atoms with E-state index >= 15 is 0 Å². The van der Waals surface area contributed by atoms with Gasteiger partial charge in [0.25, 0.3) is 0 Å². The molecule has 7 atom stereocenters. The Kier molecular flexibility index (Phi) is 10.5. The second-order valence-electron chi connectivity index (χ2n) is 6.96. The van der Waals surface area contributed by atoms with E-state index in [-0.39, 0.29) is 19.1 Å². The molecule has 1 fully saturated rings. The number of amides is 1. The first-order valence-electron chi connectivity index (χ1n) is 9.48. The number of hydrogen-bond donors (Lipinski definition) is 4. The molecule has 0 bridgehead atoms. The molecule has 1 aliphatic rings. The monoisotopic (exact) mass is 404 g/mol. The molecule has 0 aliphatic carbocycles. The van der Waals surface area contributed by atoms with Gasteiger partial charge in [0.05, 0.1) is 12.1 Å². The third-order valence-corrected chi connectivity index (χ3v) is 4.25. The van der Waals surface area contributed by atoms with Crippen LogP contribution in [0.4, 0.5) is 0 Å². The van der Waals surface area contributed by atoms with E-state index in [0.29, 0.717) is 13.0 Å². The molecule has 0 aromatic carbocycles. The Morgan fingerprint density at radius 3 is 2.54 bits per heavy atom. The van der Waals surface area contributed by atoms with Crippen LogP contribution in [0.25, 0.3) is 0 Å². The van der Waals surface area contributed by atoms with Crippen LogP contribution in [0, 0.1) is 0 Å². The Labute approximate surface area is 164 Å². The van der Waals surface area contributed by atoms with Crippen LogP contribution in [-0.4, -0.2) is 84.3 Å². The van der Waals surface area contributed by atoms with Crippen molar-refractivity contribution in [3.63, 3.8) is 0 Å². The topological polar surface area (TPSA) is 143 Å². The molecule has 1 amide bonds. The minimum Gasteiger partial charge on any atom is -0.463 e. The maximum Gasteiger partial charge on any atom is 0.305 e. The lowest BCUT2D eigenvalue weighted by atomic mass is 9.96.